The molecule has 1 saturated carbocycles. The fourth-order valence-corrected chi connectivity index (χ4v) is 4.66. The van der Waals surface area contributed by atoms with Crippen LogP contribution in [-0.2, 0) is 16.1 Å². The van der Waals surface area contributed by atoms with E-state index in [9.17, 15) is 4.79 Å². The van der Waals surface area contributed by atoms with Gasteiger partial charge in [0, 0.05) is 37.7 Å². The summed E-state index contributed by atoms with van der Waals surface area (Å²) < 4.78 is 11.8. The topological polar surface area (TPSA) is 58.8 Å². The maximum Gasteiger partial charge on any atom is 0.232 e. The number of anilines is 1. The first kappa shape index (κ1) is 19.6. The Hall–Kier alpha value is -2.34. The van der Waals surface area contributed by atoms with Crippen LogP contribution in [0, 0.1) is 5.92 Å². The van der Waals surface area contributed by atoms with E-state index in [1.807, 2.05) is 23.1 Å². The lowest BCUT2D eigenvalue weighted by molar-refractivity contribution is -0.134. The normalized spacial score (nSPS) is 21.7. The monoisotopic (exact) mass is 409 g/mol. The molecule has 2 saturated heterocycles. The lowest BCUT2D eigenvalue weighted by atomic mass is 10.0. The van der Waals surface area contributed by atoms with Crippen molar-refractivity contribution >= 4 is 11.8 Å². The second-order valence-corrected chi connectivity index (χ2v) is 8.86. The minimum Gasteiger partial charge on any atom is -0.376 e. The van der Waals surface area contributed by atoms with Gasteiger partial charge in [-0.3, -0.25) is 4.79 Å². The molecule has 2 aliphatic heterocycles. The fourth-order valence-electron chi connectivity index (χ4n) is 4.66. The smallest absolute Gasteiger partial charge is 0.232 e. The maximum atomic E-state index is 13.2. The van der Waals surface area contributed by atoms with Gasteiger partial charge in [-0.1, -0.05) is 35.5 Å². The van der Waals surface area contributed by atoms with Gasteiger partial charge in [0.1, 0.15) is 5.69 Å². The molecule has 1 aliphatic carbocycles. The van der Waals surface area contributed by atoms with Gasteiger partial charge in [-0.15, -0.1) is 0 Å². The zero-order valence-corrected chi connectivity index (χ0v) is 17.6. The second-order valence-electron chi connectivity index (χ2n) is 8.86. The number of aromatic nitrogens is 1. The standard InChI is InChI=1S/C24H31N3O3/c28-23(19-11-12-19)27(16-20-10-7-15-29-20)17-21-22(18-8-3-1-4-9-18)25-30-24(21)26-13-5-2-6-14-26/h1,3-4,8-9,19-20H,2,5-7,10-17H2. The average molecular weight is 410 g/mol. The summed E-state index contributed by atoms with van der Waals surface area (Å²) in [5.74, 6) is 1.29. The molecular weight excluding hydrogens is 378 g/mol. The highest BCUT2D eigenvalue weighted by Crippen LogP contribution is 2.36. The largest absolute Gasteiger partial charge is 0.376 e. The van der Waals surface area contributed by atoms with Gasteiger partial charge < -0.3 is 19.1 Å². The molecule has 1 unspecified atom stereocenters. The maximum absolute atomic E-state index is 13.2. The first-order valence-electron chi connectivity index (χ1n) is 11.5. The number of nitrogens with zero attached hydrogens (tertiary/aromatic N) is 3. The number of hydrogen-bond donors (Lipinski definition) is 0. The highest BCUT2D eigenvalue weighted by atomic mass is 16.5. The molecular formula is C24H31N3O3. The zero-order valence-electron chi connectivity index (χ0n) is 17.6. The number of piperidine rings is 1. The summed E-state index contributed by atoms with van der Waals surface area (Å²) >= 11 is 0. The lowest BCUT2D eigenvalue weighted by Crippen LogP contribution is -2.38. The molecule has 0 bridgehead atoms. The molecule has 160 valence electrons. The summed E-state index contributed by atoms with van der Waals surface area (Å²) in [6.07, 6.45) is 7.87. The Morgan fingerprint density at radius 3 is 2.57 bits per heavy atom. The molecule has 6 nitrogen and oxygen atoms in total. The molecule has 1 aromatic carbocycles. The van der Waals surface area contributed by atoms with E-state index in [1.54, 1.807) is 0 Å². The van der Waals surface area contributed by atoms with Gasteiger partial charge >= 0.3 is 0 Å². The first-order valence-corrected chi connectivity index (χ1v) is 11.5. The molecule has 6 heteroatoms. The van der Waals surface area contributed by atoms with Crippen LogP contribution in [0.2, 0.25) is 0 Å². The molecule has 5 rings (SSSR count). The van der Waals surface area contributed by atoms with E-state index < -0.39 is 0 Å². The Bertz CT molecular complexity index is 850. The molecule has 3 fully saturated rings. The molecule has 0 spiro atoms. The predicted octanol–water partition coefficient (Wildman–Crippen LogP) is 4.25. The molecule has 2 aromatic rings. The number of carbonyl (C=O) groups is 1. The quantitative estimate of drug-likeness (QED) is 0.684. The number of hydrogen-bond acceptors (Lipinski definition) is 5. The summed E-state index contributed by atoms with van der Waals surface area (Å²) in [5.41, 5.74) is 2.93. The van der Waals surface area contributed by atoms with E-state index >= 15 is 0 Å². The summed E-state index contributed by atoms with van der Waals surface area (Å²) in [6.45, 7) is 3.97. The van der Waals surface area contributed by atoms with Crippen LogP contribution in [0.1, 0.15) is 50.5 Å². The van der Waals surface area contributed by atoms with Gasteiger partial charge in [-0.25, -0.2) is 0 Å². The Morgan fingerprint density at radius 1 is 1.07 bits per heavy atom. The van der Waals surface area contributed by atoms with Crippen molar-refractivity contribution in [1.29, 1.82) is 0 Å². The minimum absolute atomic E-state index is 0.145. The summed E-state index contributed by atoms with van der Waals surface area (Å²) in [5, 5.41) is 4.48. The molecule has 0 radical (unpaired) electrons. The van der Waals surface area contributed by atoms with Crippen LogP contribution in [-0.4, -0.2) is 48.3 Å². The lowest BCUT2D eigenvalue weighted by Gasteiger charge is -2.29. The van der Waals surface area contributed by atoms with Crippen molar-refractivity contribution in [2.45, 2.75) is 57.6 Å². The Morgan fingerprint density at radius 2 is 1.87 bits per heavy atom. The van der Waals surface area contributed by atoms with Crippen LogP contribution in [0.15, 0.2) is 34.9 Å². The highest BCUT2D eigenvalue weighted by molar-refractivity contribution is 5.81. The predicted molar refractivity (Wildman–Crippen MR) is 115 cm³/mol. The van der Waals surface area contributed by atoms with E-state index in [-0.39, 0.29) is 17.9 Å². The van der Waals surface area contributed by atoms with Gasteiger partial charge in [0.25, 0.3) is 0 Å². The van der Waals surface area contributed by atoms with Gasteiger partial charge in [0.2, 0.25) is 11.8 Å². The van der Waals surface area contributed by atoms with Crippen LogP contribution >= 0.6 is 0 Å². The van der Waals surface area contributed by atoms with Crippen molar-refractivity contribution in [3.63, 3.8) is 0 Å². The summed E-state index contributed by atoms with van der Waals surface area (Å²) in [6, 6.07) is 10.2. The van der Waals surface area contributed by atoms with Crippen molar-refractivity contribution in [2.24, 2.45) is 5.92 Å². The minimum atomic E-state index is 0.145. The van der Waals surface area contributed by atoms with Crippen LogP contribution in [0.25, 0.3) is 11.3 Å². The van der Waals surface area contributed by atoms with Crippen molar-refractivity contribution < 1.29 is 14.1 Å². The Labute approximate surface area is 178 Å². The van der Waals surface area contributed by atoms with E-state index in [0.29, 0.717) is 13.1 Å². The van der Waals surface area contributed by atoms with E-state index in [2.05, 4.69) is 22.2 Å². The molecule has 1 atom stereocenters. The molecule has 3 aliphatic rings. The SMILES string of the molecule is O=C(C1CC1)N(Cc1c(-c2ccccc2)noc1N1CCCCC1)CC1CCCO1. The van der Waals surface area contributed by atoms with E-state index in [1.165, 1.54) is 19.3 Å². The molecule has 0 N–H and O–H groups in total. The third-order valence-corrected chi connectivity index (χ3v) is 6.49. The third kappa shape index (κ3) is 4.24. The number of ether oxygens (including phenoxy) is 1. The summed E-state index contributed by atoms with van der Waals surface area (Å²) in [4.78, 5) is 17.5. The number of rotatable bonds is 7. The van der Waals surface area contributed by atoms with Gasteiger partial charge in [-0.05, 0) is 44.9 Å². The second kappa shape index (κ2) is 8.80. The molecule has 3 heterocycles. The van der Waals surface area contributed by atoms with Crippen LogP contribution in [0.4, 0.5) is 5.88 Å². The number of amides is 1. The van der Waals surface area contributed by atoms with Crippen LogP contribution < -0.4 is 4.90 Å². The highest BCUT2D eigenvalue weighted by Gasteiger charge is 2.36. The molecule has 1 amide bonds. The van der Waals surface area contributed by atoms with Crippen molar-refractivity contribution in [3.05, 3.63) is 35.9 Å². The zero-order chi connectivity index (χ0) is 20.3. The van der Waals surface area contributed by atoms with Gasteiger partial charge in [0.05, 0.1) is 18.2 Å². The number of carbonyl (C=O) groups excluding carboxylic acids is 1. The van der Waals surface area contributed by atoms with Crippen LogP contribution in [0.3, 0.4) is 0 Å². The molecule has 30 heavy (non-hydrogen) atoms. The van der Waals surface area contributed by atoms with E-state index in [4.69, 9.17) is 9.26 Å². The van der Waals surface area contributed by atoms with Gasteiger partial charge in [-0.2, -0.15) is 0 Å². The van der Waals surface area contributed by atoms with Crippen molar-refractivity contribution in [1.82, 2.24) is 10.1 Å². The Balaban J connectivity index is 1.47. The number of benzene rings is 1. The first-order chi connectivity index (χ1) is 14.8. The van der Waals surface area contributed by atoms with Crippen molar-refractivity contribution in [2.75, 3.05) is 31.1 Å². The Kier molecular flexibility index (Phi) is 5.75. The third-order valence-electron chi connectivity index (χ3n) is 6.49. The average Bonchev–Trinajstić information content (AvgIpc) is 3.36. The van der Waals surface area contributed by atoms with Gasteiger partial charge in [0.15, 0.2) is 0 Å². The molecule has 1 aromatic heterocycles. The fraction of sp³-hybridized carbons (Fsp3) is 0.583. The van der Waals surface area contributed by atoms with Crippen molar-refractivity contribution in [3.8, 4) is 11.3 Å². The van der Waals surface area contributed by atoms with E-state index in [0.717, 1.165) is 68.1 Å². The van der Waals surface area contributed by atoms with Crippen LogP contribution in [0.5, 0.6) is 0 Å². The summed E-state index contributed by atoms with van der Waals surface area (Å²) in [7, 11) is 0.